The molecule has 3 N–H and O–H groups in total. The first-order valence-corrected chi connectivity index (χ1v) is 12.0. The van der Waals surface area contributed by atoms with Gasteiger partial charge in [-0.3, -0.25) is 0 Å². The Morgan fingerprint density at radius 3 is 2.39 bits per heavy atom. The highest BCUT2D eigenvalue weighted by Gasteiger charge is 2.54. The highest BCUT2D eigenvalue weighted by molar-refractivity contribution is 5.54. The lowest BCUT2D eigenvalue weighted by Gasteiger charge is -2.50. The van der Waals surface area contributed by atoms with Crippen LogP contribution in [0.5, 0.6) is 11.5 Å². The summed E-state index contributed by atoms with van der Waals surface area (Å²) >= 11 is 0. The Labute approximate surface area is 186 Å². The summed E-state index contributed by atoms with van der Waals surface area (Å²) in [5.41, 5.74) is 8.15. The molecule has 2 aromatic carbocycles. The molecule has 0 unspecified atom stereocenters. The van der Waals surface area contributed by atoms with Gasteiger partial charge in [-0.15, -0.1) is 0 Å². The van der Waals surface area contributed by atoms with Crippen LogP contribution in [-0.2, 0) is 12.8 Å². The fourth-order valence-corrected chi connectivity index (χ4v) is 7.52. The van der Waals surface area contributed by atoms with E-state index in [-0.39, 0.29) is 11.5 Å². The number of phenols is 2. The lowest BCUT2D eigenvalue weighted by molar-refractivity contribution is -0.0229. The molecule has 0 spiro atoms. The molecule has 0 amide bonds. The summed E-state index contributed by atoms with van der Waals surface area (Å²) in [6.45, 7) is 8.41. The zero-order valence-corrected chi connectivity index (χ0v) is 19.3. The first kappa shape index (κ1) is 20.9. The van der Waals surface area contributed by atoms with Crippen molar-refractivity contribution < 1.29 is 15.3 Å². The van der Waals surface area contributed by atoms with E-state index in [1.54, 1.807) is 0 Å². The molecule has 2 saturated carbocycles. The van der Waals surface area contributed by atoms with Crippen molar-refractivity contribution in [2.24, 2.45) is 17.3 Å². The van der Waals surface area contributed by atoms with E-state index < -0.39 is 0 Å². The molecule has 0 aromatic heterocycles. The van der Waals surface area contributed by atoms with Gasteiger partial charge in [0, 0.05) is 5.56 Å². The van der Waals surface area contributed by atoms with Crippen molar-refractivity contribution in [1.29, 1.82) is 0 Å². The van der Waals surface area contributed by atoms with E-state index >= 15 is 0 Å². The summed E-state index contributed by atoms with van der Waals surface area (Å²) in [6, 6.07) is 6.12. The van der Waals surface area contributed by atoms with Gasteiger partial charge in [-0.25, -0.2) is 0 Å². The summed E-state index contributed by atoms with van der Waals surface area (Å²) in [7, 11) is 0. The van der Waals surface area contributed by atoms with Crippen molar-refractivity contribution in [3.8, 4) is 11.5 Å². The SMILES string of the molecule is Cc1cc(Cc2cc(O)c3c(c2C)CC[C@@H]2[C@@H]3CC[C@]3(C)[C@H](O)CC[C@@H]23)cc(C)c1O. The van der Waals surface area contributed by atoms with Crippen LogP contribution in [0, 0.1) is 38.0 Å². The van der Waals surface area contributed by atoms with Gasteiger partial charge in [0.1, 0.15) is 11.5 Å². The third-order valence-corrected chi connectivity index (χ3v) is 9.28. The molecular formula is C28H36O3. The van der Waals surface area contributed by atoms with Crippen LogP contribution in [0.2, 0.25) is 0 Å². The number of aliphatic hydroxyl groups is 1. The van der Waals surface area contributed by atoms with E-state index in [4.69, 9.17) is 0 Å². The predicted molar refractivity (Wildman–Crippen MR) is 124 cm³/mol. The molecule has 2 fully saturated rings. The third kappa shape index (κ3) is 3.11. The minimum atomic E-state index is -0.158. The number of rotatable bonds is 2. The first-order valence-electron chi connectivity index (χ1n) is 12.0. The van der Waals surface area contributed by atoms with Crippen molar-refractivity contribution in [2.45, 2.75) is 84.7 Å². The Balaban J connectivity index is 1.50. The summed E-state index contributed by atoms with van der Waals surface area (Å²) in [5.74, 6) is 2.44. The second-order valence-electron chi connectivity index (χ2n) is 10.9. The Morgan fingerprint density at radius 2 is 1.68 bits per heavy atom. The molecule has 166 valence electrons. The molecule has 0 radical (unpaired) electrons. The average molecular weight is 421 g/mol. The van der Waals surface area contributed by atoms with Crippen LogP contribution in [0.4, 0.5) is 0 Å². The molecule has 3 heteroatoms. The largest absolute Gasteiger partial charge is 0.508 e. The van der Waals surface area contributed by atoms with E-state index in [0.717, 1.165) is 49.7 Å². The summed E-state index contributed by atoms with van der Waals surface area (Å²) in [5, 5.41) is 31.9. The molecule has 0 heterocycles. The minimum Gasteiger partial charge on any atom is -0.508 e. The number of aliphatic hydroxyl groups excluding tert-OH is 1. The van der Waals surface area contributed by atoms with E-state index in [1.807, 2.05) is 19.9 Å². The predicted octanol–water partition coefficient (Wildman–Crippen LogP) is 5.83. The number of hydrogen-bond acceptors (Lipinski definition) is 3. The maximum absolute atomic E-state index is 11.2. The lowest BCUT2D eigenvalue weighted by Crippen LogP contribution is -2.44. The minimum absolute atomic E-state index is 0.0673. The van der Waals surface area contributed by atoms with Crippen LogP contribution < -0.4 is 0 Å². The summed E-state index contributed by atoms with van der Waals surface area (Å²) < 4.78 is 0. The molecule has 5 atom stereocenters. The van der Waals surface area contributed by atoms with Gasteiger partial charge < -0.3 is 15.3 Å². The van der Waals surface area contributed by atoms with E-state index in [1.165, 1.54) is 34.2 Å². The standard InChI is InChI=1S/C28H36O3/c1-15-11-18(12-16(2)27(15)31)13-19-14-24(29)26-20(17(19)3)5-6-21-22(26)9-10-28(4)23(21)7-8-25(28)30/h11-12,14,21-23,25,29-31H,5-10,13H2,1-4H3/t21-,22+,23+,25-,28+/m1/s1. The quantitative estimate of drug-likeness (QED) is 0.573. The maximum atomic E-state index is 11.2. The summed E-state index contributed by atoms with van der Waals surface area (Å²) in [4.78, 5) is 0. The molecule has 0 aliphatic heterocycles. The van der Waals surface area contributed by atoms with Gasteiger partial charge in [0.05, 0.1) is 6.10 Å². The van der Waals surface area contributed by atoms with Crippen LogP contribution in [0.25, 0.3) is 0 Å². The van der Waals surface area contributed by atoms with Crippen molar-refractivity contribution >= 4 is 0 Å². The fourth-order valence-electron chi connectivity index (χ4n) is 7.52. The average Bonchev–Trinajstić information content (AvgIpc) is 3.04. The molecule has 3 nitrogen and oxygen atoms in total. The van der Waals surface area contributed by atoms with Crippen molar-refractivity contribution in [2.75, 3.05) is 0 Å². The molecule has 31 heavy (non-hydrogen) atoms. The summed E-state index contributed by atoms with van der Waals surface area (Å²) in [6.07, 6.45) is 7.02. The number of benzene rings is 2. The zero-order chi connectivity index (χ0) is 22.1. The van der Waals surface area contributed by atoms with Gasteiger partial charge >= 0.3 is 0 Å². The fraction of sp³-hybridized carbons (Fsp3) is 0.571. The number of phenolic OH excluding ortho intramolecular Hbond substituents is 2. The Hall–Kier alpha value is -2.00. The Bertz CT molecular complexity index is 1020. The van der Waals surface area contributed by atoms with Crippen LogP contribution >= 0.6 is 0 Å². The van der Waals surface area contributed by atoms with E-state index in [9.17, 15) is 15.3 Å². The highest BCUT2D eigenvalue weighted by Crippen LogP contribution is 2.62. The zero-order valence-electron chi connectivity index (χ0n) is 19.3. The molecule has 0 saturated heterocycles. The second-order valence-corrected chi connectivity index (χ2v) is 10.9. The second kappa shape index (κ2) is 7.27. The van der Waals surface area contributed by atoms with E-state index in [0.29, 0.717) is 29.3 Å². The Kier molecular flexibility index (Phi) is 4.89. The first-order chi connectivity index (χ1) is 14.7. The molecular weight excluding hydrogens is 384 g/mol. The van der Waals surface area contributed by atoms with Gasteiger partial charge in [0.15, 0.2) is 0 Å². The number of fused-ring (bicyclic) bond motifs is 5. The van der Waals surface area contributed by atoms with E-state index in [2.05, 4.69) is 26.0 Å². The number of aromatic hydroxyl groups is 2. The van der Waals surface area contributed by atoms with Gasteiger partial charge in [-0.1, -0.05) is 19.1 Å². The van der Waals surface area contributed by atoms with Crippen LogP contribution in [0.1, 0.15) is 83.9 Å². The van der Waals surface area contributed by atoms with Crippen molar-refractivity contribution in [3.63, 3.8) is 0 Å². The highest BCUT2D eigenvalue weighted by atomic mass is 16.3. The third-order valence-electron chi connectivity index (χ3n) is 9.28. The van der Waals surface area contributed by atoms with Gasteiger partial charge in [-0.05, 0) is 128 Å². The smallest absolute Gasteiger partial charge is 0.121 e. The topological polar surface area (TPSA) is 60.7 Å². The molecule has 0 bridgehead atoms. The maximum Gasteiger partial charge on any atom is 0.121 e. The van der Waals surface area contributed by atoms with Crippen molar-refractivity contribution in [3.05, 3.63) is 57.1 Å². The van der Waals surface area contributed by atoms with Crippen LogP contribution in [0.15, 0.2) is 18.2 Å². The van der Waals surface area contributed by atoms with Crippen LogP contribution in [-0.4, -0.2) is 21.4 Å². The Morgan fingerprint density at radius 1 is 0.968 bits per heavy atom. The number of hydrogen-bond donors (Lipinski definition) is 3. The molecule has 3 aliphatic rings. The number of aryl methyl sites for hydroxylation is 2. The normalized spacial score (nSPS) is 31.8. The molecule has 2 aromatic rings. The van der Waals surface area contributed by atoms with Crippen LogP contribution in [0.3, 0.4) is 0 Å². The van der Waals surface area contributed by atoms with Gasteiger partial charge in [0.2, 0.25) is 0 Å². The monoisotopic (exact) mass is 420 g/mol. The molecule has 5 rings (SSSR count). The lowest BCUT2D eigenvalue weighted by atomic mass is 9.55. The van der Waals surface area contributed by atoms with Gasteiger partial charge in [0.25, 0.3) is 0 Å². The van der Waals surface area contributed by atoms with Crippen molar-refractivity contribution in [1.82, 2.24) is 0 Å². The van der Waals surface area contributed by atoms with Gasteiger partial charge in [-0.2, -0.15) is 0 Å². The molecule has 3 aliphatic carbocycles.